The first-order valence-corrected chi connectivity index (χ1v) is 6.65. The lowest BCUT2D eigenvalue weighted by molar-refractivity contribution is 0.128. The Morgan fingerprint density at radius 1 is 1.19 bits per heavy atom. The molecule has 1 aromatic heterocycles. The molecule has 0 radical (unpaired) electrons. The Bertz CT molecular complexity index is 647. The second-order valence-electron chi connectivity index (χ2n) is 4.50. The highest BCUT2D eigenvalue weighted by atomic mass is 19.2. The Morgan fingerprint density at radius 2 is 1.95 bits per heavy atom. The highest BCUT2D eigenvalue weighted by Crippen LogP contribution is 2.26. The van der Waals surface area contributed by atoms with Gasteiger partial charge >= 0.3 is 0 Å². The van der Waals surface area contributed by atoms with Crippen molar-refractivity contribution in [3.8, 4) is 11.3 Å². The first-order chi connectivity index (χ1) is 10.1. The van der Waals surface area contributed by atoms with Crippen molar-refractivity contribution in [2.75, 3.05) is 19.0 Å². The van der Waals surface area contributed by atoms with E-state index in [1.165, 1.54) is 19.1 Å². The summed E-state index contributed by atoms with van der Waals surface area (Å²) in [5.41, 5.74) is 0.684. The molecule has 1 N–H and O–H groups in total. The van der Waals surface area contributed by atoms with Crippen LogP contribution in [0.15, 0.2) is 18.2 Å². The van der Waals surface area contributed by atoms with Crippen LogP contribution in [0.3, 0.4) is 0 Å². The molecule has 0 unspecified atom stereocenters. The number of halogens is 2. The van der Waals surface area contributed by atoms with Gasteiger partial charge in [0, 0.05) is 25.3 Å². The molecular weight excluding hydrogens is 276 g/mol. The highest BCUT2D eigenvalue weighted by Gasteiger charge is 2.15. The van der Waals surface area contributed by atoms with Crippen LogP contribution in [0.4, 0.5) is 14.6 Å². The molecule has 0 amide bonds. The summed E-state index contributed by atoms with van der Waals surface area (Å²) in [7, 11) is 1.70. The smallest absolute Gasteiger partial charge is 0.168 e. The van der Waals surface area contributed by atoms with Gasteiger partial charge in [0.05, 0.1) is 5.69 Å². The van der Waals surface area contributed by atoms with Gasteiger partial charge < -0.3 is 10.1 Å². The van der Waals surface area contributed by atoms with Gasteiger partial charge in [-0.25, -0.2) is 18.7 Å². The maximum absolute atomic E-state index is 14.1. The number of nitrogens with one attached hydrogen (secondary N) is 1. The molecule has 0 saturated heterocycles. The summed E-state index contributed by atoms with van der Waals surface area (Å²) in [6, 6.07) is 4.61. The van der Waals surface area contributed by atoms with Crippen molar-refractivity contribution in [3.05, 3.63) is 41.2 Å². The number of rotatable bonds is 5. The van der Waals surface area contributed by atoms with Crippen LogP contribution in [0.5, 0.6) is 0 Å². The van der Waals surface area contributed by atoms with Gasteiger partial charge in [0.1, 0.15) is 12.4 Å². The highest BCUT2D eigenvalue weighted by molar-refractivity contribution is 5.63. The first-order valence-electron chi connectivity index (χ1n) is 6.65. The minimum absolute atomic E-state index is 0.106. The second kappa shape index (κ2) is 6.58. The molecule has 2 aromatic rings. The van der Waals surface area contributed by atoms with Gasteiger partial charge in [-0.1, -0.05) is 6.07 Å². The largest absolute Gasteiger partial charge is 0.374 e. The third-order valence-electron chi connectivity index (χ3n) is 3.02. The molecule has 2 rings (SSSR count). The van der Waals surface area contributed by atoms with E-state index in [0.717, 1.165) is 0 Å². The molecule has 0 bridgehead atoms. The second-order valence-corrected chi connectivity index (χ2v) is 4.50. The number of nitrogens with zero attached hydrogens (tertiary/aromatic N) is 2. The van der Waals surface area contributed by atoms with Gasteiger partial charge in [-0.2, -0.15) is 0 Å². The van der Waals surface area contributed by atoms with Crippen LogP contribution in [0.1, 0.15) is 18.3 Å². The SMILES string of the molecule is CCOCc1nc(NC)cc(-c2ccc(C)c(F)c2F)n1. The van der Waals surface area contributed by atoms with Crippen LogP contribution in [0, 0.1) is 18.6 Å². The summed E-state index contributed by atoms with van der Waals surface area (Å²) >= 11 is 0. The molecule has 1 aromatic carbocycles. The third-order valence-corrected chi connectivity index (χ3v) is 3.02. The van der Waals surface area contributed by atoms with Gasteiger partial charge in [0.2, 0.25) is 0 Å². The van der Waals surface area contributed by atoms with Crippen LogP contribution >= 0.6 is 0 Å². The fourth-order valence-electron chi connectivity index (χ4n) is 1.86. The topological polar surface area (TPSA) is 47.0 Å². The van der Waals surface area contributed by atoms with Gasteiger partial charge in [-0.3, -0.25) is 0 Å². The maximum Gasteiger partial charge on any atom is 0.168 e. The lowest BCUT2D eigenvalue weighted by atomic mass is 10.1. The Balaban J connectivity index is 2.50. The number of aryl methyl sites for hydroxylation is 1. The van der Waals surface area contributed by atoms with E-state index >= 15 is 0 Å². The minimum atomic E-state index is -0.905. The Kier molecular flexibility index (Phi) is 4.80. The molecule has 0 fully saturated rings. The molecule has 21 heavy (non-hydrogen) atoms. The zero-order chi connectivity index (χ0) is 15.4. The monoisotopic (exact) mass is 293 g/mol. The predicted molar refractivity (Wildman–Crippen MR) is 77.0 cm³/mol. The molecule has 6 heteroatoms. The van der Waals surface area contributed by atoms with Crippen molar-refractivity contribution in [2.24, 2.45) is 0 Å². The molecule has 1 heterocycles. The van der Waals surface area contributed by atoms with E-state index in [1.54, 1.807) is 13.1 Å². The van der Waals surface area contributed by atoms with Crippen molar-refractivity contribution < 1.29 is 13.5 Å². The zero-order valence-electron chi connectivity index (χ0n) is 12.2. The molecule has 0 spiro atoms. The average Bonchev–Trinajstić information content (AvgIpc) is 2.50. The van der Waals surface area contributed by atoms with Crippen LogP contribution in [-0.4, -0.2) is 23.6 Å². The van der Waals surface area contributed by atoms with Crippen LogP contribution in [0.2, 0.25) is 0 Å². The van der Waals surface area contributed by atoms with Crippen molar-refractivity contribution in [3.63, 3.8) is 0 Å². The van der Waals surface area contributed by atoms with E-state index < -0.39 is 11.6 Å². The molecule has 112 valence electrons. The predicted octanol–water partition coefficient (Wildman–Crippen LogP) is 3.31. The Labute approximate surface area is 122 Å². The zero-order valence-corrected chi connectivity index (χ0v) is 12.2. The number of benzene rings is 1. The molecule has 0 aliphatic rings. The van der Waals surface area contributed by atoms with Crippen molar-refractivity contribution >= 4 is 5.82 Å². The average molecular weight is 293 g/mol. The molecule has 0 saturated carbocycles. The number of aromatic nitrogens is 2. The summed E-state index contributed by atoms with van der Waals surface area (Å²) in [6.45, 7) is 4.12. The fourth-order valence-corrected chi connectivity index (χ4v) is 1.86. The fraction of sp³-hybridized carbons (Fsp3) is 0.333. The molecule has 4 nitrogen and oxygen atoms in total. The van der Waals surface area contributed by atoms with Crippen LogP contribution in [-0.2, 0) is 11.3 Å². The Hall–Kier alpha value is -2.08. The summed E-state index contributed by atoms with van der Waals surface area (Å²) < 4.78 is 33.0. The first kappa shape index (κ1) is 15.3. The van der Waals surface area contributed by atoms with E-state index in [1.807, 2.05) is 6.92 Å². The quantitative estimate of drug-likeness (QED) is 0.918. The summed E-state index contributed by atoms with van der Waals surface area (Å²) in [5, 5.41) is 2.88. The van der Waals surface area contributed by atoms with E-state index in [9.17, 15) is 8.78 Å². The van der Waals surface area contributed by atoms with Gasteiger partial charge in [-0.05, 0) is 25.5 Å². The van der Waals surface area contributed by atoms with E-state index in [0.29, 0.717) is 23.9 Å². The standard InChI is InChI=1S/C15H17F2N3O/c1-4-21-8-13-19-11(7-12(18-3)20-13)10-6-5-9(2)14(16)15(10)17/h5-7H,4,8H2,1-3H3,(H,18,19,20). The van der Waals surface area contributed by atoms with Gasteiger partial charge in [0.25, 0.3) is 0 Å². The maximum atomic E-state index is 14.1. The normalized spacial score (nSPS) is 10.7. The van der Waals surface area contributed by atoms with Crippen molar-refractivity contribution in [1.82, 2.24) is 9.97 Å². The van der Waals surface area contributed by atoms with E-state index in [2.05, 4.69) is 15.3 Å². The number of hydrogen-bond donors (Lipinski definition) is 1. The number of hydrogen-bond acceptors (Lipinski definition) is 4. The van der Waals surface area contributed by atoms with Crippen molar-refractivity contribution in [2.45, 2.75) is 20.5 Å². The molecule has 0 aliphatic heterocycles. The van der Waals surface area contributed by atoms with Gasteiger partial charge in [-0.15, -0.1) is 0 Å². The minimum Gasteiger partial charge on any atom is -0.374 e. The van der Waals surface area contributed by atoms with Crippen molar-refractivity contribution in [1.29, 1.82) is 0 Å². The van der Waals surface area contributed by atoms with Crippen LogP contribution < -0.4 is 5.32 Å². The Morgan fingerprint density at radius 3 is 2.62 bits per heavy atom. The number of ether oxygens (including phenoxy) is 1. The van der Waals surface area contributed by atoms with E-state index in [-0.39, 0.29) is 17.7 Å². The molecule has 0 aliphatic carbocycles. The van der Waals surface area contributed by atoms with Gasteiger partial charge in [0.15, 0.2) is 17.5 Å². The summed E-state index contributed by atoms with van der Waals surface area (Å²) in [5.74, 6) is -0.823. The summed E-state index contributed by atoms with van der Waals surface area (Å²) in [6.07, 6.45) is 0. The molecule has 0 atom stereocenters. The lowest BCUT2D eigenvalue weighted by Gasteiger charge is -2.10. The van der Waals surface area contributed by atoms with Crippen LogP contribution in [0.25, 0.3) is 11.3 Å². The van der Waals surface area contributed by atoms with E-state index in [4.69, 9.17) is 4.74 Å². The third kappa shape index (κ3) is 3.33. The molecular formula is C15H17F2N3O. The summed E-state index contributed by atoms with van der Waals surface area (Å²) in [4.78, 5) is 8.46. The lowest BCUT2D eigenvalue weighted by Crippen LogP contribution is -2.05. The number of anilines is 1.